The summed E-state index contributed by atoms with van der Waals surface area (Å²) >= 11 is 5.76. The van der Waals surface area contributed by atoms with E-state index in [-0.39, 0.29) is 23.5 Å². The highest BCUT2D eigenvalue weighted by molar-refractivity contribution is 7.89. The van der Waals surface area contributed by atoms with Crippen LogP contribution in [-0.2, 0) is 21.4 Å². The van der Waals surface area contributed by atoms with Gasteiger partial charge >= 0.3 is 5.97 Å². The van der Waals surface area contributed by atoms with Crippen molar-refractivity contribution < 1.29 is 23.1 Å². The molecule has 0 saturated heterocycles. The van der Waals surface area contributed by atoms with E-state index in [9.17, 15) is 18.0 Å². The number of carboxylic acid groups (broad SMARTS) is 1. The van der Waals surface area contributed by atoms with Crippen LogP contribution in [-0.4, -0.2) is 38.0 Å². The summed E-state index contributed by atoms with van der Waals surface area (Å²) in [7, 11) is -3.72. The topological polar surface area (TPSA) is 161 Å². The van der Waals surface area contributed by atoms with E-state index in [1.54, 1.807) is 12.1 Å². The Balaban J connectivity index is 1.99. The molecular weight excluding hydrogens is 434 g/mol. The van der Waals surface area contributed by atoms with Crippen molar-refractivity contribution in [1.82, 2.24) is 10.0 Å². The van der Waals surface area contributed by atoms with Crippen molar-refractivity contribution >= 4 is 33.5 Å². The lowest BCUT2D eigenvalue weighted by atomic mass is 10.1. The SMILES string of the molecule is [N-]=[N+]=NC[C@H](CC(=O)O)NC(=O)c1ccc(CNS(=O)(=O)c2ccc(Cl)cc2)cc1. The second-order valence-electron chi connectivity index (χ2n) is 6.16. The maximum Gasteiger partial charge on any atom is 0.305 e. The number of rotatable bonds is 10. The van der Waals surface area contributed by atoms with Crippen LogP contribution in [0, 0.1) is 0 Å². The fraction of sp³-hybridized carbons (Fsp3) is 0.222. The molecule has 0 heterocycles. The molecule has 2 aromatic rings. The van der Waals surface area contributed by atoms with Gasteiger partial charge in [-0.2, -0.15) is 0 Å². The molecule has 0 aliphatic rings. The van der Waals surface area contributed by atoms with Crippen molar-refractivity contribution in [1.29, 1.82) is 0 Å². The van der Waals surface area contributed by atoms with Gasteiger partial charge in [-0.25, -0.2) is 13.1 Å². The number of azide groups is 1. The third kappa shape index (κ3) is 7.05. The number of benzene rings is 2. The van der Waals surface area contributed by atoms with Crippen LogP contribution >= 0.6 is 11.6 Å². The lowest BCUT2D eigenvalue weighted by Crippen LogP contribution is -2.38. The molecule has 10 nitrogen and oxygen atoms in total. The van der Waals surface area contributed by atoms with Crippen molar-refractivity contribution in [3.63, 3.8) is 0 Å². The van der Waals surface area contributed by atoms with E-state index in [1.165, 1.54) is 36.4 Å². The number of hydrogen-bond acceptors (Lipinski definition) is 5. The summed E-state index contributed by atoms with van der Waals surface area (Å²) in [6, 6.07) is 11.0. The largest absolute Gasteiger partial charge is 0.481 e. The van der Waals surface area contributed by atoms with Gasteiger partial charge in [-0.1, -0.05) is 28.8 Å². The summed E-state index contributed by atoms with van der Waals surface area (Å²) in [6.45, 7) is -0.190. The van der Waals surface area contributed by atoms with Gasteiger partial charge in [0.1, 0.15) is 0 Å². The van der Waals surface area contributed by atoms with Crippen LogP contribution in [0.2, 0.25) is 5.02 Å². The van der Waals surface area contributed by atoms with E-state index >= 15 is 0 Å². The third-order valence-corrected chi connectivity index (χ3v) is 5.60. The van der Waals surface area contributed by atoms with E-state index < -0.39 is 34.4 Å². The van der Waals surface area contributed by atoms with Gasteiger partial charge in [-0.15, -0.1) is 0 Å². The molecule has 12 heteroatoms. The first-order chi connectivity index (χ1) is 14.2. The van der Waals surface area contributed by atoms with E-state index in [4.69, 9.17) is 22.2 Å². The van der Waals surface area contributed by atoms with Crippen LogP contribution in [0.3, 0.4) is 0 Å². The number of nitrogens with one attached hydrogen (secondary N) is 2. The van der Waals surface area contributed by atoms with E-state index in [0.717, 1.165) is 0 Å². The Hall–Kier alpha value is -3.11. The maximum absolute atomic E-state index is 12.3. The fourth-order valence-corrected chi connectivity index (χ4v) is 3.57. The second kappa shape index (κ2) is 10.6. The normalized spacial score (nSPS) is 11.9. The Labute approximate surface area is 177 Å². The first-order valence-corrected chi connectivity index (χ1v) is 10.4. The summed E-state index contributed by atoms with van der Waals surface area (Å²) < 4.78 is 27.0. The minimum Gasteiger partial charge on any atom is -0.481 e. The van der Waals surface area contributed by atoms with Gasteiger partial charge in [0.15, 0.2) is 0 Å². The number of sulfonamides is 1. The quantitative estimate of drug-likeness (QED) is 0.287. The number of carbonyl (C=O) groups is 2. The average molecular weight is 452 g/mol. The smallest absolute Gasteiger partial charge is 0.305 e. The molecular formula is C18H18ClN5O5S. The highest BCUT2D eigenvalue weighted by Crippen LogP contribution is 2.14. The minimum absolute atomic E-state index is 0.00534. The molecule has 0 bridgehead atoms. The zero-order chi connectivity index (χ0) is 22.1. The lowest BCUT2D eigenvalue weighted by molar-refractivity contribution is -0.137. The molecule has 158 valence electrons. The summed E-state index contributed by atoms with van der Waals surface area (Å²) in [4.78, 5) is 25.8. The molecule has 0 aliphatic carbocycles. The molecule has 3 N–H and O–H groups in total. The number of aliphatic carboxylic acids is 1. The lowest BCUT2D eigenvalue weighted by Gasteiger charge is -2.14. The van der Waals surface area contributed by atoms with Gasteiger partial charge in [-0.3, -0.25) is 9.59 Å². The fourth-order valence-electron chi connectivity index (χ4n) is 2.43. The zero-order valence-electron chi connectivity index (χ0n) is 15.5. The van der Waals surface area contributed by atoms with E-state index in [1.807, 2.05) is 0 Å². The van der Waals surface area contributed by atoms with E-state index in [0.29, 0.717) is 10.6 Å². The molecule has 0 fully saturated rings. The van der Waals surface area contributed by atoms with Crippen molar-refractivity contribution in [2.45, 2.75) is 23.9 Å². The van der Waals surface area contributed by atoms with Gasteiger partial charge in [0, 0.05) is 34.6 Å². The average Bonchev–Trinajstić information content (AvgIpc) is 2.71. The predicted octanol–water partition coefficient (Wildman–Crippen LogP) is 2.70. The molecule has 0 spiro atoms. The van der Waals surface area contributed by atoms with Crippen LogP contribution in [0.25, 0.3) is 10.4 Å². The van der Waals surface area contributed by atoms with Crippen LogP contribution in [0.15, 0.2) is 58.5 Å². The predicted molar refractivity (Wildman–Crippen MR) is 109 cm³/mol. The summed E-state index contributed by atoms with van der Waals surface area (Å²) in [5, 5.41) is 15.1. The number of nitrogens with zero attached hydrogens (tertiary/aromatic N) is 3. The molecule has 0 aliphatic heterocycles. The van der Waals surface area contributed by atoms with Crippen LogP contribution < -0.4 is 10.0 Å². The summed E-state index contributed by atoms with van der Waals surface area (Å²) in [6.07, 6.45) is -0.394. The van der Waals surface area contributed by atoms with Crippen molar-refractivity contribution in [2.24, 2.45) is 5.11 Å². The number of halogens is 1. The van der Waals surface area contributed by atoms with Crippen LogP contribution in [0.1, 0.15) is 22.3 Å². The first-order valence-electron chi connectivity index (χ1n) is 8.59. The third-order valence-electron chi connectivity index (χ3n) is 3.93. The number of carboxylic acids is 1. The van der Waals surface area contributed by atoms with Crippen molar-refractivity contribution in [3.8, 4) is 0 Å². The van der Waals surface area contributed by atoms with Crippen molar-refractivity contribution in [2.75, 3.05) is 6.54 Å². The van der Waals surface area contributed by atoms with Gasteiger partial charge in [0.05, 0.1) is 11.3 Å². The standard InChI is InChI=1S/C18H18ClN5O5S/c19-14-5-7-16(8-6-14)30(28,29)22-10-12-1-3-13(4-2-12)18(27)23-15(9-17(25)26)11-21-24-20/h1-8,15,22H,9-11H2,(H,23,27)(H,25,26)/t15-/m0/s1. The molecule has 1 atom stereocenters. The second-order valence-corrected chi connectivity index (χ2v) is 8.36. The van der Waals surface area contributed by atoms with Crippen molar-refractivity contribution in [3.05, 3.63) is 75.1 Å². The number of hydrogen-bond donors (Lipinski definition) is 3. The van der Waals surface area contributed by atoms with Crippen LogP contribution in [0.4, 0.5) is 0 Å². The Morgan fingerprint density at radius 2 is 1.77 bits per heavy atom. The summed E-state index contributed by atoms with van der Waals surface area (Å²) in [5.41, 5.74) is 9.22. The number of amides is 1. The molecule has 0 aromatic heterocycles. The molecule has 30 heavy (non-hydrogen) atoms. The summed E-state index contributed by atoms with van der Waals surface area (Å²) in [5.74, 6) is -1.68. The molecule has 0 radical (unpaired) electrons. The van der Waals surface area contributed by atoms with Gasteiger partial charge in [0.25, 0.3) is 5.91 Å². The van der Waals surface area contributed by atoms with E-state index in [2.05, 4.69) is 20.1 Å². The molecule has 2 rings (SSSR count). The minimum atomic E-state index is -3.72. The molecule has 0 unspecified atom stereocenters. The molecule has 1 amide bonds. The Kier molecular flexibility index (Phi) is 8.19. The Bertz CT molecular complexity index is 1050. The highest BCUT2D eigenvalue weighted by Gasteiger charge is 2.17. The Morgan fingerprint density at radius 1 is 1.13 bits per heavy atom. The first kappa shape index (κ1) is 23.2. The zero-order valence-corrected chi connectivity index (χ0v) is 17.1. The monoisotopic (exact) mass is 451 g/mol. The van der Waals surface area contributed by atoms with Crippen LogP contribution in [0.5, 0.6) is 0 Å². The van der Waals surface area contributed by atoms with Gasteiger partial charge in [0.2, 0.25) is 10.0 Å². The number of carbonyl (C=O) groups excluding carboxylic acids is 1. The van der Waals surface area contributed by atoms with Gasteiger partial charge in [-0.05, 0) is 47.5 Å². The highest BCUT2D eigenvalue weighted by atomic mass is 35.5. The van der Waals surface area contributed by atoms with Gasteiger partial charge < -0.3 is 10.4 Å². The Morgan fingerprint density at radius 3 is 2.33 bits per heavy atom. The maximum atomic E-state index is 12.3. The molecule has 2 aromatic carbocycles. The molecule has 0 saturated carbocycles.